The Morgan fingerprint density at radius 1 is 0.837 bits per heavy atom. The van der Waals surface area contributed by atoms with Crippen LogP contribution in [0.25, 0.3) is 6.08 Å². The summed E-state index contributed by atoms with van der Waals surface area (Å²) < 4.78 is 11.8. The highest BCUT2D eigenvalue weighted by molar-refractivity contribution is 9.10. The van der Waals surface area contributed by atoms with E-state index in [4.69, 9.17) is 9.47 Å². The lowest BCUT2D eigenvalue weighted by Gasteiger charge is -2.37. The molecule has 3 aliphatic rings. The Hall–Kier alpha value is -4.69. The maximum atomic E-state index is 14.9. The van der Waals surface area contributed by atoms with Gasteiger partial charge in [-0.05, 0) is 53.6 Å². The lowest BCUT2D eigenvalue weighted by molar-refractivity contribution is -0.121. The number of ether oxygens (including phenoxy) is 2. The van der Waals surface area contributed by atoms with Gasteiger partial charge in [0.1, 0.15) is 11.5 Å². The fraction of sp³-hybridized carbons (Fsp3) is 0.171. The molecule has 1 spiro atoms. The number of hydrogen-bond donors (Lipinski definition) is 1. The summed E-state index contributed by atoms with van der Waals surface area (Å²) in [5, 5.41) is 3.06. The number of amides is 1. The number of nitrogens with one attached hydrogen (secondary N) is 1. The predicted octanol–water partition coefficient (Wildman–Crippen LogP) is 6.32. The highest BCUT2D eigenvalue weighted by Gasteiger charge is 2.70. The smallest absolute Gasteiger partial charge is 0.238 e. The molecular weight excluding hydrogens is 608 g/mol. The number of fused-ring (bicyclic) bond motifs is 6. The number of benzene rings is 4. The first kappa shape index (κ1) is 27.2. The van der Waals surface area contributed by atoms with Crippen LogP contribution in [0.15, 0.2) is 102 Å². The molecule has 1 amide bonds. The normalized spacial score (nSPS) is 22.9. The molecule has 4 aromatic carbocycles. The van der Waals surface area contributed by atoms with Gasteiger partial charge in [-0.2, -0.15) is 0 Å². The molecule has 7 rings (SSSR count). The van der Waals surface area contributed by atoms with Crippen LogP contribution in [-0.4, -0.2) is 43.8 Å². The SMILES string of the molecule is COc1ccc(C(=O)[C@@H]2[C@@H](C(=O)c3ccc(Br)cc3)[C@]3(C(=O)Nc4ccccc43)[C@H]3C=Cc4ccccc4N23)cc1OC. The summed E-state index contributed by atoms with van der Waals surface area (Å²) in [5.41, 5.74) is 2.45. The summed E-state index contributed by atoms with van der Waals surface area (Å²) in [5.74, 6) is -1.04. The highest BCUT2D eigenvalue weighted by atomic mass is 79.9. The van der Waals surface area contributed by atoms with E-state index in [1.165, 1.54) is 14.2 Å². The molecule has 3 heterocycles. The molecule has 0 aromatic heterocycles. The number of rotatable bonds is 6. The van der Waals surface area contributed by atoms with Crippen molar-refractivity contribution in [1.29, 1.82) is 0 Å². The van der Waals surface area contributed by atoms with Crippen LogP contribution >= 0.6 is 15.9 Å². The third-order valence-electron chi connectivity index (χ3n) is 8.89. The van der Waals surface area contributed by atoms with Gasteiger partial charge in [0.15, 0.2) is 23.1 Å². The molecule has 4 atom stereocenters. The molecule has 0 saturated carbocycles. The average Bonchev–Trinajstić information content (AvgIpc) is 3.52. The Morgan fingerprint density at radius 2 is 1.53 bits per heavy atom. The zero-order valence-corrected chi connectivity index (χ0v) is 25.0. The lowest BCUT2D eigenvalue weighted by atomic mass is 9.64. The number of hydrogen-bond acceptors (Lipinski definition) is 6. The summed E-state index contributed by atoms with van der Waals surface area (Å²) in [6.45, 7) is 0. The molecule has 43 heavy (non-hydrogen) atoms. The fourth-order valence-corrected chi connectivity index (χ4v) is 7.34. The monoisotopic (exact) mass is 634 g/mol. The highest BCUT2D eigenvalue weighted by Crippen LogP contribution is 2.58. The first-order valence-electron chi connectivity index (χ1n) is 13.9. The van der Waals surface area contributed by atoms with E-state index in [0.29, 0.717) is 33.9 Å². The van der Waals surface area contributed by atoms with Crippen molar-refractivity contribution in [2.75, 3.05) is 24.4 Å². The van der Waals surface area contributed by atoms with Crippen molar-refractivity contribution in [3.8, 4) is 11.5 Å². The Balaban J connectivity index is 1.52. The van der Waals surface area contributed by atoms with Gasteiger partial charge in [-0.3, -0.25) is 14.4 Å². The molecule has 0 aliphatic carbocycles. The maximum absolute atomic E-state index is 14.9. The second-order valence-corrected chi connectivity index (χ2v) is 11.8. The zero-order valence-electron chi connectivity index (χ0n) is 23.4. The largest absolute Gasteiger partial charge is 0.493 e. The van der Waals surface area contributed by atoms with Gasteiger partial charge in [-0.1, -0.05) is 76.6 Å². The Labute approximate surface area is 257 Å². The molecule has 7 nitrogen and oxygen atoms in total. The van der Waals surface area contributed by atoms with Gasteiger partial charge < -0.3 is 19.7 Å². The molecule has 214 valence electrons. The first-order chi connectivity index (χ1) is 20.9. The third-order valence-corrected chi connectivity index (χ3v) is 9.42. The number of anilines is 2. The summed E-state index contributed by atoms with van der Waals surface area (Å²) in [7, 11) is 3.04. The summed E-state index contributed by atoms with van der Waals surface area (Å²) in [6.07, 6.45) is 3.95. The lowest BCUT2D eigenvalue weighted by Crippen LogP contribution is -2.51. The molecule has 0 radical (unpaired) electrons. The molecule has 3 aliphatic heterocycles. The van der Waals surface area contributed by atoms with Crippen LogP contribution < -0.4 is 19.7 Å². The third kappa shape index (κ3) is 3.89. The van der Waals surface area contributed by atoms with E-state index in [1.54, 1.807) is 42.5 Å². The molecular formula is C35H27BrN2O5. The van der Waals surface area contributed by atoms with E-state index < -0.39 is 23.4 Å². The predicted molar refractivity (Wildman–Crippen MR) is 168 cm³/mol. The van der Waals surface area contributed by atoms with Crippen molar-refractivity contribution in [1.82, 2.24) is 0 Å². The zero-order chi connectivity index (χ0) is 29.9. The maximum Gasteiger partial charge on any atom is 0.238 e. The van der Waals surface area contributed by atoms with Gasteiger partial charge in [0.2, 0.25) is 5.91 Å². The number of nitrogens with zero attached hydrogens (tertiary/aromatic N) is 1. The van der Waals surface area contributed by atoms with E-state index in [1.807, 2.05) is 65.6 Å². The minimum atomic E-state index is -1.37. The van der Waals surface area contributed by atoms with Crippen LogP contribution in [-0.2, 0) is 10.2 Å². The number of para-hydroxylation sites is 2. The molecule has 8 heteroatoms. The van der Waals surface area contributed by atoms with Crippen molar-refractivity contribution in [3.63, 3.8) is 0 Å². The van der Waals surface area contributed by atoms with Gasteiger partial charge in [0.25, 0.3) is 0 Å². The minimum Gasteiger partial charge on any atom is -0.493 e. The van der Waals surface area contributed by atoms with E-state index in [9.17, 15) is 14.4 Å². The van der Waals surface area contributed by atoms with Crippen LogP contribution in [0.3, 0.4) is 0 Å². The van der Waals surface area contributed by atoms with Crippen LogP contribution in [0.1, 0.15) is 31.8 Å². The summed E-state index contributed by atoms with van der Waals surface area (Å²) in [4.78, 5) is 46.2. The second-order valence-electron chi connectivity index (χ2n) is 10.9. The van der Waals surface area contributed by atoms with Gasteiger partial charge in [0, 0.05) is 27.0 Å². The van der Waals surface area contributed by atoms with E-state index in [-0.39, 0.29) is 17.5 Å². The summed E-state index contributed by atoms with van der Waals surface area (Å²) >= 11 is 3.46. The summed E-state index contributed by atoms with van der Waals surface area (Å²) in [6, 6.07) is 25.7. The number of ketones is 2. The van der Waals surface area contributed by atoms with Crippen molar-refractivity contribution >= 4 is 50.9 Å². The van der Waals surface area contributed by atoms with Crippen LogP contribution in [0.2, 0.25) is 0 Å². The van der Waals surface area contributed by atoms with Crippen LogP contribution in [0.5, 0.6) is 11.5 Å². The molecule has 1 saturated heterocycles. The van der Waals surface area contributed by atoms with Crippen LogP contribution in [0.4, 0.5) is 11.4 Å². The molecule has 4 aromatic rings. The van der Waals surface area contributed by atoms with Gasteiger partial charge in [0.05, 0.1) is 26.2 Å². The Morgan fingerprint density at radius 3 is 2.30 bits per heavy atom. The van der Waals surface area contributed by atoms with Crippen molar-refractivity contribution in [2.45, 2.75) is 17.5 Å². The Bertz CT molecular complexity index is 1830. The standard InChI is InChI=1S/C35H27BrN2O5/c1-42-27-17-13-22(19-28(27)43-2)33(40)31-30(32(39)21-11-15-23(36)16-12-21)35(24-8-4-5-9-25(24)37-34(35)41)29-18-14-20-7-3-6-10-26(20)38(29)31/h3-19,29-31H,1-2H3,(H,37,41)/t29-,30+,31+,35-/m1/s1. The number of carbonyl (C=O) groups is 3. The molecule has 0 unspecified atom stereocenters. The van der Waals surface area contributed by atoms with Gasteiger partial charge in [-0.25, -0.2) is 0 Å². The second kappa shape index (κ2) is 10.2. The van der Waals surface area contributed by atoms with E-state index in [0.717, 1.165) is 15.7 Å². The topological polar surface area (TPSA) is 84.9 Å². The fourth-order valence-electron chi connectivity index (χ4n) is 7.07. The quantitative estimate of drug-likeness (QED) is 0.250. The number of Topliss-reactive ketones (excluding diaryl/α,β-unsaturated/α-hetero) is 2. The number of methoxy groups -OCH3 is 2. The van der Waals surface area contributed by atoms with Gasteiger partial charge in [-0.15, -0.1) is 0 Å². The molecule has 0 bridgehead atoms. The number of carbonyl (C=O) groups excluding carboxylic acids is 3. The Kier molecular flexibility index (Phi) is 6.47. The van der Waals surface area contributed by atoms with E-state index >= 15 is 0 Å². The average molecular weight is 636 g/mol. The van der Waals surface area contributed by atoms with Crippen molar-refractivity contribution in [3.05, 3.63) is 124 Å². The number of halogens is 1. The van der Waals surface area contributed by atoms with Crippen LogP contribution in [0, 0.1) is 5.92 Å². The van der Waals surface area contributed by atoms with Crippen molar-refractivity contribution < 1.29 is 23.9 Å². The first-order valence-corrected chi connectivity index (χ1v) is 14.7. The molecule has 1 N–H and O–H groups in total. The minimum absolute atomic E-state index is 0.279. The van der Waals surface area contributed by atoms with Crippen molar-refractivity contribution in [2.24, 2.45) is 5.92 Å². The van der Waals surface area contributed by atoms with E-state index in [2.05, 4.69) is 21.2 Å². The van der Waals surface area contributed by atoms with Gasteiger partial charge >= 0.3 is 0 Å². The molecule has 1 fully saturated rings.